The lowest BCUT2D eigenvalue weighted by Crippen LogP contribution is -2.33. The molecule has 3 N–H and O–H groups in total. The van der Waals surface area contributed by atoms with Crippen molar-refractivity contribution in [2.75, 3.05) is 26.9 Å². The van der Waals surface area contributed by atoms with Crippen LogP contribution in [-0.2, 0) is 4.74 Å². The molecule has 3 aromatic carbocycles. The first kappa shape index (κ1) is 22.7. The van der Waals surface area contributed by atoms with Crippen LogP contribution in [0.1, 0.15) is 28.4 Å². The fourth-order valence-corrected chi connectivity index (χ4v) is 3.04. The topological polar surface area (TPSA) is 73.6 Å². The van der Waals surface area contributed by atoms with Crippen molar-refractivity contribution in [1.29, 1.82) is 0 Å². The van der Waals surface area contributed by atoms with Crippen molar-refractivity contribution in [2.24, 2.45) is 5.73 Å². The maximum Gasteiger partial charge on any atom is 0.251 e. The van der Waals surface area contributed by atoms with Gasteiger partial charge in [0, 0.05) is 32.2 Å². The van der Waals surface area contributed by atoms with Crippen LogP contribution in [0.15, 0.2) is 66.7 Å². The number of rotatable bonds is 9. The summed E-state index contributed by atoms with van der Waals surface area (Å²) in [5.74, 6) is 0.576. The predicted molar refractivity (Wildman–Crippen MR) is 119 cm³/mol. The van der Waals surface area contributed by atoms with Crippen molar-refractivity contribution in [2.45, 2.75) is 12.5 Å². The van der Waals surface area contributed by atoms with Gasteiger partial charge in [-0.2, -0.15) is 0 Å². The van der Waals surface area contributed by atoms with Gasteiger partial charge in [0.05, 0.1) is 12.6 Å². The molecule has 0 spiro atoms. The molecule has 0 heterocycles. The minimum absolute atomic E-state index is 0. The van der Waals surface area contributed by atoms with E-state index in [9.17, 15) is 4.79 Å². The van der Waals surface area contributed by atoms with E-state index in [1.54, 1.807) is 31.4 Å². The molecule has 0 aliphatic rings. The zero-order chi connectivity index (χ0) is 19.8. The lowest BCUT2D eigenvalue weighted by molar-refractivity contribution is 0.0938. The Hall–Kier alpha value is -2.60. The molecule has 3 aromatic rings. The second kappa shape index (κ2) is 11.4. The van der Waals surface area contributed by atoms with Gasteiger partial charge in [-0.05, 0) is 46.7 Å². The molecule has 1 amide bonds. The molecule has 0 saturated heterocycles. The third-order valence-electron chi connectivity index (χ3n) is 4.59. The molecule has 0 radical (unpaired) electrons. The van der Waals surface area contributed by atoms with E-state index < -0.39 is 0 Å². The van der Waals surface area contributed by atoms with E-state index in [2.05, 4.69) is 29.6 Å². The Morgan fingerprint density at radius 2 is 1.72 bits per heavy atom. The second-order valence-corrected chi connectivity index (χ2v) is 6.59. The highest BCUT2D eigenvalue weighted by molar-refractivity contribution is 5.94. The zero-order valence-corrected chi connectivity index (χ0v) is 17.3. The molecule has 0 saturated carbocycles. The first-order valence-corrected chi connectivity index (χ1v) is 9.42. The smallest absolute Gasteiger partial charge is 0.251 e. The third kappa shape index (κ3) is 6.19. The zero-order valence-electron chi connectivity index (χ0n) is 16.5. The predicted octanol–water partition coefficient (Wildman–Crippen LogP) is 4.11. The minimum atomic E-state index is -0.248. The van der Waals surface area contributed by atoms with Crippen molar-refractivity contribution >= 4 is 29.1 Å². The van der Waals surface area contributed by atoms with Crippen LogP contribution < -0.4 is 15.8 Å². The van der Waals surface area contributed by atoms with Gasteiger partial charge in [0.25, 0.3) is 5.91 Å². The first-order chi connectivity index (χ1) is 13.7. The van der Waals surface area contributed by atoms with Gasteiger partial charge < -0.3 is 20.5 Å². The van der Waals surface area contributed by atoms with Crippen molar-refractivity contribution in [3.8, 4) is 5.75 Å². The van der Waals surface area contributed by atoms with Crippen molar-refractivity contribution in [3.05, 3.63) is 77.9 Å². The van der Waals surface area contributed by atoms with Gasteiger partial charge in [0.2, 0.25) is 0 Å². The molecule has 0 aliphatic carbocycles. The number of methoxy groups -OCH3 is 1. The first-order valence-electron chi connectivity index (χ1n) is 9.42. The van der Waals surface area contributed by atoms with E-state index in [1.165, 1.54) is 0 Å². The summed E-state index contributed by atoms with van der Waals surface area (Å²) in [6, 6.07) is 21.1. The molecule has 0 bridgehead atoms. The summed E-state index contributed by atoms with van der Waals surface area (Å²) >= 11 is 0. The maximum atomic E-state index is 12.6. The average molecular weight is 415 g/mol. The van der Waals surface area contributed by atoms with Crippen LogP contribution in [0.25, 0.3) is 10.8 Å². The summed E-state index contributed by atoms with van der Waals surface area (Å²) < 4.78 is 10.6. The molecule has 154 valence electrons. The van der Waals surface area contributed by atoms with Gasteiger partial charge in [-0.3, -0.25) is 4.79 Å². The molecule has 5 nitrogen and oxygen atoms in total. The van der Waals surface area contributed by atoms with Gasteiger partial charge in [0.1, 0.15) is 5.75 Å². The average Bonchev–Trinajstić information content (AvgIpc) is 2.75. The molecule has 29 heavy (non-hydrogen) atoms. The minimum Gasteiger partial charge on any atom is -0.494 e. The number of carbonyl (C=O) groups is 1. The van der Waals surface area contributed by atoms with E-state index in [1.807, 2.05) is 18.2 Å². The van der Waals surface area contributed by atoms with Crippen molar-refractivity contribution < 1.29 is 14.3 Å². The van der Waals surface area contributed by atoms with Crippen LogP contribution in [0.5, 0.6) is 5.75 Å². The summed E-state index contributed by atoms with van der Waals surface area (Å²) in [5.41, 5.74) is 7.50. The fraction of sp³-hybridized carbons (Fsp3) is 0.261. The summed E-state index contributed by atoms with van der Waals surface area (Å²) in [5, 5.41) is 5.31. The Morgan fingerprint density at radius 1 is 1.00 bits per heavy atom. The third-order valence-corrected chi connectivity index (χ3v) is 4.59. The SMILES string of the molecule is COCCCOc1ccc(C(=O)NC(CN)c2ccc3ccccc3c2)cc1.Cl. The summed E-state index contributed by atoms with van der Waals surface area (Å²) in [6.07, 6.45) is 0.822. The van der Waals surface area contributed by atoms with Gasteiger partial charge in [-0.1, -0.05) is 36.4 Å². The van der Waals surface area contributed by atoms with E-state index in [0.717, 1.165) is 28.5 Å². The van der Waals surface area contributed by atoms with E-state index in [4.69, 9.17) is 15.2 Å². The van der Waals surface area contributed by atoms with Crippen molar-refractivity contribution in [3.63, 3.8) is 0 Å². The summed E-state index contributed by atoms with van der Waals surface area (Å²) in [6.45, 7) is 1.57. The number of ether oxygens (including phenoxy) is 2. The Labute approximate surface area is 177 Å². The van der Waals surface area contributed by atoms with Gasteiger partial charge in [-0.25, -0.2) is 0 Å². The number of halogens is 1. The Kier molecular flexibility index (Phi) is 8.93. The highest BCUT2D eigenvalue weighted by Crippen LogP contribution is 2.21. The lowest BCUT2D eigenvalue weighted by Gasteiger charge is -2.18. The van der Waals surface area contributed by atoms with Crippen LogP contribution in [0.4, 0.5) is 0 Å². The van der Waals surface area contributed by atoms with Crippen LogP contribution in [0.3, 0.4) is 0 Å². The standard InChI is InChI=1S/C23H26N2O3.ClH/c1-27-13-4-14-28-21-11-9-18(10-12-21)23(26)25-22(16-24)20-8-7-17-5-2-3-6-19(17)15-20;/h2-3,5-12,15,22H,4,13-14,16,24H2,1H3,(H,25,26);1H. The normalized spacial score (nSPS) is 11.5. The number of hydrogen-bond donors (Lipinski definition) is 2. The maximum absolute atomic E-state index is 12.6. The van der Waals surface area contributed by atoms with Gasteiger partial charge in [-0.15, -0.1) is 12.4 Å². The van der Waals surface area contributed by atoms with Crippen LogP contribution in [0.2, 0.25) is 0 Å². The highest BCUT2D eigenvalue weighted by atomic mass is 35.5. The highest BCUT2D eigenvalue weighted by Gasteiger charge is 2.15. The Morgan fingerprint density at radius 3 is 2.41 bits per heavy atom. The molecule has 0 fully saturated rings. The molecule has 0 aliphatic heterocycles. The largest absolute Gasteiger partial charge is 0.494 e. The number of fused-ring (bicyclic) bond motifs is 1. The monoisotopic (exact) mass is 414 g/mol. The number of nitrogens with one attached hydrogen (secondary N) is 1. The number of benzene rings is 3. The lowest BCUT2D eigenvalue weighted by atomic mass is 10.0. The fourth-order valence-electron chi connectivity index (χ4n) is 3.04. The van der Waals surface area contributed by atoms with E-state index in [-0.39, 0.29) is 24.4 Å². The number of nitrogens with two attached hydrogens (primary N) is 1. The number of carbonyl (C=O) groups excluding carboxylic acids is 1. The number of amides is 1. The Balaban J connectivity index is 0.00000300. The molecular formula is C23H27ClN2O3. The molecule has 1 unspecified atom stereocenters. The quantitative estimate of drug-likeness (QED) is 0.517. The van der Waals surface area contributed by atoms with Gasteiger partial charge in [0.15, 0.2) is 0 Å². The molecular weight excluding hydrogens is 388 g/mol. The molecule has 0 aromatic heterocycles. The van der Waals surface area contributed by atoms with E-state index >= 15 is 0 Å². The number of hydrogen-bond acceptors (Lipinski definition) is 4. The molecule has 6 heteroatoms. The molecule has 3 rings (SSSR count). The molecule has 1 atom stereocenters. The second-order valence-electron chi connectivity index (χ2n) is 6.59. The summed E-state index contributed by atoms with van der Waals surface area (Å²) in [4.78, 5) is 12.6. The van der Waals surface area contributed by atoms with Gasteiger partial charge >= 0.3 is 0 Å². The van der Waals surface area contributed by atoms with E-state index in [0.29, 0.717) is 25.3 Å². The van der Waals surface area contributed by atoms with Crippen molar-refractivity contribution in [1.82, 2.24) is 5.32 Å². The van der Waals surface area contributed by atoms with Crippen LogP contribution in [-0.4, -0.2) is 32.8 Å². The Bertz CT molecular complexity index is 915. The van der Waals surface area contributed by atoms with Crippen LogP contribution >= 0.6 is 12.4 Å². The summed E-state index contributed by atoms with van der Waals surface area (Å²) in [7, 11) is 1.67. The van der Waals surface area contributed by atoms with Crippen LogP contribution in [0, 0.1) is 0 Å².